The maximum Gasteiger partial charge on any atom is 0.0487 e. The van der Waals surface area contributed by atoms with Gasteiger partial charge < -0.3 is 5.11 Å². The van der Waals surface area contributed by atoms with Crippen molar-refractivity contribution in [3.8, 4) is 0 Å². The van der Waals surface area contributed by atoms with Crippen molar-refractivity contribution < 1.29 is 5.11 Å². The van der Waals surface area contributed by atoms with E-state index in [0.717, 1.165) is 5.92 Å². The van der Waals surface area contributed by atoms with Crippen molar-refractivity contribution in [2.45, 2.75) is 51.4 Å². The summed E-state index contributed by atoms with van der Waals surface area (Å²) in [5.41, 5.74) is 0.405. The first kappa shape index (κ1) is 8.55. The van der Waals surface area contributed by atoms with Crippen LogP contribution >= 0.6 is 0 Å². The molecule has 0 aromatic rings. The van der Waals surface area contributed by atoms with Crippen LogP contribution in [-0.4, -0.2) is 11.7 Å². The molecular formula is C11H20O. The van der Waals surface area contributed by atoms with Crippen LogP contribution in [0.15, 0.2) is 0 Å². The van der Waals surface area contributed by atoms with Gasteiger partial charge in [-0.15, -0.1) is 0 Å². The lowest BCUT2D eigenvalue weighted by molar-refractivity contribution is 0.194. The highest BCUT2D eigenvalue weighted by molar-refractivity contribution is 4.92. The average molecular weight is 168 g/mol. The SMILES string of the molecule is OCC1(CCC2CCCC2)CC1. The van der Waals surface area contributed by atoms with Crippen LogP contribution in [0.2, 0.25) is 0 Å². The summed E-state index contributed by atoms with van der Waals surface area (Å²) in [5, 5.41) is 9.13. The second-order valence-corrected chi connectivity index (χ2v) is 4.85. The minimum atomic E-state index is 0.405. The fourth-order valence-electron chi connectivity index (χ4n) is 2.47. The first-order chi connectivity index (χ1) is 5.85. The van der Waals surface area contributed by atoms with Crippen LogP contribution in [0.3, 0.4) is 0 Å². The lowest BCUT2D eigenvalue weighted by Crippen LogP contribution is -2.08. The second-order valence-electron chi connectivity index (χ2n) is 4.85. The number of hydrogen-bond donors (Lipinski definition) is 1. The molecule has 0 amide bonds. The molecule has 0 spiro atoms. The van der Waals surface area contributed by atoms with Crippen molar-refractivity contribution >= 4 is 0 Å². The fourth-order valence-corrected chi connectivity index (χ4v) is 2.47. The molecule has 0 aromatic heterocycles. The topological polar surface area (TPSA) is 20.2 Å². The molecule has 0 bridgehead atoms. The van der Waals surface area contributed by atoms with Crippen LogP contribution in [0.1, 0.15) is 51.4 Å². The van der Waals surface area contributed by atoms with E-state index in [4.69, 9.17) is 5.11 Å². The van der Waals surface area contributed by atoms with Crippen LogP contribution < -0.4 is 0 Å². The number of aliphatic hydroxyl groups excluding tert-OH is 1. The van der Waals surface area contributed by atoms with Gasteiger partial charge in [0.05, 0.1) is 0 Å². The molecule has 0 saturated heterocycles. The molecule has 2 rings (SSSR count). The van der Waals surface area contributed by atoms with Crippen molar-refractivity contribution in [1.29, 1.82) is 0 Å². The summed E-state index contributed by atoms with van der Waals surface area (Å²) in [7, 11) is 0. The van der Waals surface area contributed by atoms with E-state index < -0.39 is 0 Å². The molecule has 0 aliphatic heterocycles. The van der Waals surface area contributed by atoms with E-state index in [9.17, 15) is 0 Å². The van der Waals surface area contributed by atoms with Crippen LogP contribution in [0.5, 0.6) is 0 Å². The number of hydrogen-bond acceptors (Lipinski definition) is 1. The Morgan fingerprint density at radius 1 is 1.17 bits per heavy atom. The van der Waals surface area contributed by atoms with E-state index in [1.165, 1.54) is 51.4 Å². The summed E-state index contributed by atoms with van der Waals surface area (Å²) >= 11 is 0. The van der Waals surface area contributed by atoms with E-state index in [1.807, 2.05) is 0 Å². The van der Waals surface area contributed by atoms with E-state index in [-0.39, 0.29) is 0 Å². The zero-order valence-corrected chi connectivity index (χ0v) is 7.89. The summed E-state index contributed by atoms with van der Waals surface area (Å²) in [6.07, 6.45) is 11.1. The minimum absolute atomic E-state index is 0.405. The second kappa shape index (κ2) is 3.37. The van der Waals surface area contributed by atoms with Gasteiger partial charge in [0.1, 0.15) is 0 Å². The molecule has 1 nitrogen and oxygen atoms in total. The predicted molar refractivity (Wildman–Crippen MR) is 49.9 cm³/mol. The summed E-state index contributed by atoms with van der Waals surface area (Å²) in [5.74, 6) is 1.01. The van der Waals surface area contributed by atoms with Gasteiger partial charge in [-0.05, 0) is 37.0 Å². The van der Waals surface area contributed by atoms with Crippen molar-refractivity contribution in [3.63, 3.8) is 0 Å². The lowest BCUT2D eigenvalue weighted by Gasteiger charge is -2.14. The van der Waals surface area contributed by atoms with Crippen LogP contribution in [-0.2, 0) is 0 Å². The van der Waals surface area contributed by atoms with Gasteiger partial charge in [-0.1, -0.05) is 25.7 Å². The van der Waals surface area contributed by atoms with E-state index in [2.05, 4.69) is 0 Å². The minimum Gasteiger partial charge on any atom is -0.396 e. The molecule has 12 heavy (non-hydrogen) atoms. The van der Waals surface area contributed by atoms with Gasteiger partial charge in [0.25, 0.3) is 0 Å². The molecule has 0 radical (unpaired) electrons. The Morgan fingerprint density at radius 2 is 1.83 bits per heavy atom. The molecule has 2 aliphatic carbocycles. The molecule has 1 heteroatoms. The average Bonchev–Trinajstić information content (AvgIpc) is 2.70. The number of aliphatic hydroxyl groups is 1. The zero-order valence-electron chi connectivity index (χ0n) is 7.89. The molecule has 0 unspecified atom stereocenters. The van der Waals surface area contributed by atoms with Gasteiger partial charge in [-0.2, -0.15) is 0 Å². The highest BCUT2D eigenvalue weighted by Gasteiger charge is 2.41. The molecule has 2 saturated carbocycles. The Bertz CT molecular complexity index is 143. The predicted octanol–water partition coefficient (Wildman–Crippen LogP) is 2.73. The van der Waals surface area contributed by atoms with Gasteiger partial charge in [0.2, 0.25) is 0 Å². The van der Waals surface area contributed by atoms with Gasteiger partial charge >= 0.3 is 0 Å². The first-order valence-corrected chi connectivity index (χ1v) is 5.46. The standard InChI is InChI=1S/C11H20O/c12-9-11(7-8-11)6-5-10-3-1-2-4-10/h10,12H,1-9H2. The van der Waals surface area contributed by atoms with E-state index in [1.54, 1.807) is 0 Å². The molecule has 0 heterocycles. The maximum atomic E-state index is 9.13. The summed E-state index contributed by atoms with van der Waals surface area (Å²) < 4.78 is 0. The maximum absolute atomic E-state index is 9.13. The molecule has 70 valence electrons. The largest absolute Gasteiger partial charge is 0.396 e. The molecule has 0 atom stereocenters. The monoisotopic (exact) mass is 168 g/mol. The molecule has 2 aliphatic rings. The Balaban J connectivity index is 1.67. The van der Waals surface area contributed by atoms with Gasteiger partial charge in [-0.25, -0.2) is 0 Å². The third-order valence-electron chi connectivity index (χ3n) is 3.85. The fraction of sp³-hybridized carbons (Fsp3) is 1.00. The van der Waals surface area contributed by atoms with Crippen molar-refractivity contribution in [3.05, 3.63) is 0 Å². The van der Waals surface area contributed by atoms with Gasteiger partial charge in [0.15, 0.2) is 0 Å². The van der Waals surface area contributed by atoms with Crippen LogP contribution in [0.25, 0.3) is 0 Å². The van der Waals surface area contributed by atoms with Crippen molar-refractivity contribution in [2.24, 2.45) is 11.3 Å². The summed E-state index contributed by atoms with van der Waals surface area (Å²) in [6.45, 7) is 0.444. The summed E-state index contributed by atoms with van der Waals surface area (Å²) in [6, 6.07) is 0. The van der Waals surface area contributed by atoms with Crippen LogP contribution in [0, 0.1) is 11.3 Å². The Kier molecular flexibility index (Phi) is 2.40. The quantitative estimate of drug-likeness (QED) is 0.684. The van der Waals surface area contributed by atoms with Crippen molar-refractivity contribution in [1.82, 2.24) is 0 Å². The van der Waals surface area contributed by atoms with Crippen LogP contribution in [0.4, 0.5) is 0 Å². The molecule has 1 N–H and O–H groups in total. The third kappa shape index (κ3) is 1.82. The van der Waals surface area contributed by atoms with E-state index >= 15 is 0 Å². The van der Waals surface area contributed by atoms with Gasteiger partial charge in [-0.3, -0.25) is 0 Å². The normalized spacial score (nSPS) is 27.8. The van der Waals surface area contributed by atoms with Crippen molar-refractivity contribution in [2.75, 3.05) is 6.61 Å². The molecule has 2 fully saturated rings. The summed E-state index contributed by atoms with van der Waals surface area (Å²) in [4.78, 5) is 0. The first-order valence-electron chi connectivity index (χ1n) is 5.46. The third-order valence-corrected chi connectivity index (χ3v) is 3.85. The Morgan fingerprint density at radius 3 is 2.33 bits per heavy atom. The smallest absolute Gasteiger partial charge is 0.0487 e. The highest BCUT2D eigenvalue weighted by atomic mass is 16.3. The Hall–Kier alpha value is -0.0400. The van der Waals surface area contributed by atoms with Gasteiger partial charge in [0, 0.05) is 6.61 Å². The molecule has 0 aromatic carbocycles. The number of rotatable bonds is 4. The zero-order chi connectivity index (χ0) is 8.44. The lowest BCUT2D eigenvalue weighted by atomic mass is 9.93. The highest BCUT2D eigenvalue weighted by Crippen LogP contribution is 2.50. The molecular weight excluding hydrogens is 148 g/mol. The van der Waals surface area contributed by atoms with E-state index in [0.29, 0.717) is 12.0 Å². The Labute approximate surface area is 75.2 Å².